The van der Waals surface area contributed by atoms with Crippen molar-refractivity contribution in [3.8, 4) is 0 Å². The summed E-state index contributed by atoms with van der Waals surface area (Å²) in [6.45, 7) is 6.53. The second kappa shape index (κ2) is 52.5. The van der Waals surface area contributed by atoms with Crippen LogP contribution in [0.4, 0.5) is 0 Å². The van der Waals surface area contributed by atoms with Gasteiger partial charge >= 0.3 is 17.9 Å². The van der Waals surface area contributed by atoms with E-state index in [2.05, 4.69) is 93.7 Å². The van der Waals surface area contributed by atoms with Crippen molar-refractivity contribution in [1.29, 1.82) is 0 Å². The van der Waals surface area contributed by atoms with E-state index in [0.717, 1.165) is 116 Å². The fourth-order valence-electron chi connectivity index (χ4n) is 7.37. The Labute approximate surface area is 395 Å². The molecular weight excluding hydrogens is 793 g/mol. The third-order valence-corrected chi connectivity index (χ3v) is 11.5. The molecule has 0 bridgehead atoms. The number of allylic oxidation sites excluding steroid dienone is 12. The van der Waals surface area contributed by atoms with Crippen LogP contribution in [-0.2, 0) is 28.6 Å². The smallest absolute Gasteiger partial charge is 0.306 e. The van der Waals surface area contributed by atoms with Crippen molar-refractivity contribution < 1.29 is 28.6 Å². The predicted molar refractivity (Wildman–Crippen MR) is 274 cm³/mol. The maximum Gasteiger partial charge on any atom is 0.306 e. The minimum Gasteiger partial charge on any atom is -0.462 e. The van der Waals surface area contributed by atoms with Gasteiger partial charge in [0.2, 0.25) is 0 Å². The van der Waals surface area contributed by atoms with Crippen LogP contribution in [0.1, 0.15) is 258 Å². The molecule has 0 aliphatic heterocycles. The molecule has 64 heavy (non-hydrogen) atoms. The number of hydrogen-bond acceptors (Lipinski definition) is 6. The van der Waals surface area contributed by atoms with Crippen molar-refractivity contribution in [2.75, 3.05) is 13.2 Å². The molecule has 0 aromatic carbocycles. The normalized spacial score (nSPS) is 12.6. The summed E-state index contributed by atoms with van der Waals surface area (Å²) in [7, 11) is 0. The highest BCUT2D eigenvalue weighted by atomic mass is 16.6. The summed E-state index contributed by atoms with van der Waals surface area (Å²) < 4.78 is 16.8. The maximum atomic E-state index is 12.8. The standard InChI is InChI=1S/C58H100O6/c1-4-7-10-13-16-19-22-24-26-28-30-32-34-36-39-42-45-48-51-57(60)63-54-55(53-62-56(59)50-47-44-41-38-21-18-15-12-9-6-3)64-58(61)52-49-46-43-40-37-35-33-31-29-27-25-23-20-17-14-11-8-5-2/h15-16,18-19,22,24,26,28,30-33,55H,4-14,17,20-21,23,25,27,29,34-54H2,1-3H3/b18-15-,19-16-,24-22-,28-26-,32-30-,33-31-. The summed E-state index contributed by atoms with van der Waals surface area (Å²) in [5, 5.41) is 0. The molecule has 0 spiro atoms. The molecule has 0 amide bonds. The summed E-state index contributed by atoms with van der Waals surface area (Å²) in [6, 6.07) is 0. The first-order valence-corrected chi connectivity index (χ1v) is 27.0. The molecule has 0 fully saturated rings. The molecular formula is C58H100O6. The summed E-state index contributed by atoms with van der Waals surface area (Å²) in [4.78, 5) is 38.0. The molecule has 1 unspecified atom stereocenters. The zero-order chi connectivity index (χ0) is 46.5. The van der Waals surface area contributed by atoms with E-state index in [1.54, 1.807) is 0 Å². The fraction of sp³-hybridized carbons (Fsp3) is 0.741. The molecule has 0 saturated carbocycles. The predicted octanol–water partition coefficient (Wildman–Crippen LogP) is 17.8. The van der Waals surface area contributed by atoms with Crippen molar-refractivity contribution in [3.63, 3.8) is 0 Å². The lowest BCUT2D eigenvalue weighted by molar-refractivity contribution is -0.167. The highest BCUT2D eigenvalue weighted by Crippen LogP contribution is 2.14. The van der Waals surface area contributed by atoms with Crippen LogP contribution in [-0.4, -0.2) is 37.2 Å². The number of hydrogen-bond donors (Lipinski definition) is 0. The van der Waals surface area contributed by atoms with E-state index < -0.39 is 6.10 Å². The number of carbonyl (C=O) groups is 3. The summed E-state index contributed by atoms with van der Waals surface area (Å²) >= 11 is 0. The lowest BCUT2D eigenvalue weighted by Crippen LogP contribution is -2.30. The van der Waals surface area contributed by atoms with Gasteiger partial charge < -0.3 is 14.2 Å². The Kier molecular flexibility index (Phi) is 49.9. The van der Waals surface area contributed by atoms with Gasteiger partial charge in [-0.1, -0.05) is 222 Å². The quantitative estimate of drug-likeness (QED) is 0.0199. The van der Waals surface area contributed by atoms with Crippen LogP contribution in [0, 0.1) is 0 Å². The third-order valence-electron chi connectivity index (χ3n) is 11.5. The van der Waals surface area contributed by atoms with E-state index in [9.17, 15) is 14.4 Å². The fourth-order valence-corrected chi connectivity index (χ4v) is 7.37. The van der Waals surface area contributed by atoms with Crippen molar-refractivity contribution in [2.45, 2.75) is 264 Å². The molecule has 0 aromatic heterocycles. The molecule has 0 aromatic rings. The number of rotatable bonds is 48. The minimum atomic E-state index is -0.793. The summed E-state index contributed by atoms with van der Waals surface area (Å²) in [6.07, 6.45) is 66.0. The average Bonchev–Trinajstić information content (AvgIpc) is 3.29. The molecule has 0 radical (unpaired) electrons. The first-order chi connectivity index (χ1) is 31.5. The molecule has 0 saturated heterocycles. The maximum absolute atomic E-state index is 12.8. The number of unbranched alkanes of at least 4 members (excludes halogenated alkanes) is 28. The zero-order valence-electron chi connectivity index (χ0n) is 42.0. The lowest BCUT2D eigenvalue weighted by Gasteiger charge is -2.18. The van der Waals surface area contributed by atoms with E-state index in [1.807, 2.05) is 0 Å². The van der Waals surface area contributed by atoms with Crippen LogP contribution in [0.5, 0.6) is 0 Å². The first kappa shape index (κ1) is 60.9. The van der Waals surface area contributed by atoms with Gasteiger partial charge in [-0.2, -0.15) is 0 Å². The van der Waals surface area contributed by atoms with Crippen molar-refractivity contribution in [3.05, 3.63) is 72.9 Å². The molecule has 0 N–H and O–H groups in total. The van der Waals surface area contributed by atoms with Gasteiger partial charge in [-0.3, -0.25) is 14.4 Å². The third kappa shape index (κ3) is 49.9. The number of carbonyl (C=O) groups excluding carboxylic acids is 3. The van der Waals surface area contributed by atoms with E-state index in [0.29, 0.717) is 19.3 Å². The van der Waals surface area contributed by atoms with Crippen LogP contribution in [0.2, 0.25) is 0 Å². The average molecular weight is 893 g/mol. The SMILES string of the molecule is CCCC/C=C\CCCCCCC(=O)OCC(COC(=O)CCCCCCC\C=C/C=C\C=C/C=C\CCCCC)OC(=O)CCCCCCC/C=C\CCCCCCCCCCC. The molecule has 6 nitrogen and oxygen atoms in total. The van der Waals surface area contributed by atoms with E-state index in [-0.39, 0.29) is 31.1 Å². The minimum absolute atomic E-state index is 0.0927. The van der Waals surface area contributed by atoms with Gasteiger partial charge in [0.15, 0.2) is 6.10 Å². The van der Waals surface area contributed by atoms with Crippen molar-refractivity contribution in [2.24, 2.45) is 0 Å². The summed E-state index contributed by atoms with van der Waals surface area (Å²) in [5.41, 5.74) is 0. The monoisotopic (exact) mass is 893 g/mol. The lowest BCUT2D eigenvalue weighted by atomic mass is 10.1. The Hall–Kier alpha value is -3.15. The Morgan fingerprint density at radius 2 is 0.594 bits per heavy atom. The van der Waals surface area contributed by atoms with Gasteiger partial charge in [0, 0.05) is 19.3 Å². The van der Waals surface area contributed by atoms with Crippen molar-refractivity contribution >= 4 is 17.9 Å². The molecule has 0 aliphatic rings. The van der Waals surface area contributed by atoms with Gasteiger partial charge in [0.1, 0.15) is 13.2 Å². The first-order valence-electron chi connectivity index (χ1n) is 27.0. The van der Waals surface area contributed by atoms with Crippen molar-refractivity contribution in [1.82, 2.24) is 0 Å². The Morgan fingerprint density at radius 3 is 1.00 bits per heavy atom. The van der Waals surface area contributed by atoms with E-state index in [1.165, 1.54) is 103 Å². The molecule has 1 atom stereocenters. The van der Waals surface area contributed by atoms with Crippen LogP contribution in [0.25, 0.3) is 0 Å². The summed E-state index contributed by atoms with van der Waals surface area (Å²) in [5.74, 6) is -0.934. The largest absolute Gasteiger partial charge is 0.462 e. The Balaban J connectivity index is 4.40. The zero-order valence-corrected chi connectivity index (χ0v) is 42.0. The van der Waals surface area contributed by atoms with Gasteiger partial charge in [0.25, 0.3) is 0 Å². The van der Waals surface area contributed by atoms with Gasteiger partial charge in [0.05, 0.1) is 0 Å². The second-order valence-electron chi connectivity index (χ2n) is 17.9. The van der Waals surface area contributed by atoms with E-state index in [4.69, 9.17) is 14.2 Å². The molecule has 368 valence electrons. The molecule has 0 aliphatic carbocycles. The van der Waals surface area contributed by atoms with Crippen LogP contribution >= 0.6 is 0 Å². The van der Waals surface area contributed by atoms with Crippen LogP contribution in [0.15, 0.2) is 72.9 Å². The van der Waals surface area contributed by atoms with Gasteiger partial charge in [-0.05, 0) is 89.9 Å². The molecule has 6 heteroatoms. The number of esters is 3. The van der Waals surface area contributed by atoms with Gasteiger partial charge in [-0.15, -0.1) is 0 Å². The van der Waals surface area contributed by atoms with Crippen LogP contribution in [0.3, 0.4) is 0 Å². The highest BCUT2D eigenvalue weighted by molar-refractivity contribution is 5.71. The Morgan fingerprint density at radius 1 is 0.312 bits per heavy atom. The molecule has 0 heterocycles. The highest BCUT2D eigenvalue weighted by Gasteiger charge is 2.19. The number of ether oxygens (including phenoxy) is 3. The van der Waals surface area contributed by atoms with E-state index >= 15 is 0 Å². The second-order valence-corrected chi connectivity index (χ2v) is 17.9. The Bertz CT molecular complexity index is 1210. The molecule has 0 rings (SSSR count). The topological polar surface area (TPSA) is 78.9 Å². The van der Waals surface area contributed by atoms with Crippen LogP contribution < -0.4 is 0 Å². The van der Waals surface area contributed by atoms with Gasteiger partial charge in [-0.25, -0.2) is 0 Å².